The molecule has 0 aliphatic heterocycles. The second kappa shape index (κ2) is 10.6. The van der Waals surface area contributed by atoms with Crippen LogP contribution in [0.2, 0.25) is 0 Å². The minimum atomic E-state index is -1.24. The van der Waals surface area contributed by atoms with Crippen molar-refractivity contribution in [1.82, 2.24) is 25.9 Å². The van der Waals surface area contributed by atoms with Gasteiger partial charge in [-0.3, -0.25) is 24.0 Å². The molecule has 0 fully saturated rings. The molecular formula is C15H23N7O6. The number of nitrogens with zero attached hydrogens (tertiary/aromatic N) is 1. The molecular weight excluding hydrogens is 374 g/mol. The van der Waals surface area contributed by atoms with Crippen molar-refractivity contribution >= 4 is 29.6 Å². The molecule has 1 heterocycles. The van der Waals surface area contributed by atoms with E-state index in [0.717, 1.165) is 0 Å². The Kier molecular flexibility index (Phi) is 8.55. The number of nitrogens with two attached hydrogens (primary N) is 2. The minimum Gasteiger partial charge on any atom is -0.480 e. The molecule has 1 aromatic heterocycles. The first-order chi connectivity index (χ1) is 13.1. The van der Waals surface area contributed by atoms with Crippen LogP contribution in [-0.4, -0.2) is 69.3 Å². The van der Waals surface area contributed by atoms with Gasteiger partial charge < -0.3 is 37.5 Å². The van der Waals surface area contributed by atoms with E-state index in [1.54, 1.807) is 0 Å². The molecule has 3 unspecified atom stereocenters. The molecule has 0 saturated heterocycles. The Morgan fingerprint density at radius 2 is 1.89 bits per heavy atom. The molecule has 154 valence electrons. The SMILES string of the molecule is CC(NC(=O)CNC(=O)C(Cc1cnc[nH]1)NC(=O)C(N)CC(N)=O)C(=O)O. The van der Waals surface area contributed by atoms with Gasteiger partial charge in [-0.25, -0.2) is 4.98 Å². The molecule has 0 spiro atoms. The Morgan fingerprint density at radius 1 is 1.21 bits per heavy atom. The highest BCUT2D eigenvalue weighted by molar-refractivity contribution is 5.93. The highest BCUT2D eigenvalue weighted by Gasteiger charge is 2.26. The third-order valence-electron chi connectivity index (χ3n) is 3.54. The minimum absolute atomic E-state index is 0.00795. The molecule has 0 bridgehead atoms. The molecule has 28 heavy (non-hydrogen) atoms. The van der Waals surface area contributed by atoms with Crippen LogP contribution >= 0.6 is 0 Å². The van der Waals surface area contributed by atoms with Crippen LogP contribution in [0, 0.1) is 0 Å². The number of aliphatic carboxylic acids is 1. The zero-order valence-corrected chi connectivity index (χ0v) is 15.1. The Hall–Kier alpha value is -3.48. The van der Waals surface area contributed by atoms with E-state index in [2.05, 4.69) is 25.9 Å². The second-order valence-corrected chi connectivity index (χ2v) is 5.96. The zero-order chi connectivity index (χ0) is 21.3. The molecule has 9 N–H and O–H groups in total. The molecule has 13 heteroatoms. The van der Waals surface area contributed by atoms with Gasteiger partial charge in [0.15, 0.2) is 0 Å². The monoisotopic (exact) mass is 397 g/mol. The van der Waals surface area contributed by atoms with Crippen LogP contribution in [0.3, 0.4) is 0 Å². The molecule has 0 radical (unpaired) electrons. The van der Waals surface area contributed by atoms with Gasteiger partial charge in [-0.2, -0.15) is 0 Å². The van der Waals surface area contributed by atoms with Crippen molar-refractivity contribution in [2.24, 2.45) is 11.5 Å². The van der Waals surface area contributed by atoms with Crippen molar-refractivity contribution in [3.63, 3.8) is 0 Å². The number of nitrogens with one attached hydrogen (secondary N) is 4. The largest absolute Gasteiger partial charge is 0.480 e. The lowest BCUT2D eigenvalue weighted by Gasteiger charge is -2.20. The predicted molar refractivity (Wildman–Crippen MR) is 94.3 cm³/mol. The van der Waals surface area contributed by atoms with Crippen LogP contribution in [0.1, 0.15) is 19.0 Å². The smallest absolute Gasteiger partial charge is 0.325 e. The summed E-state index contributed by atoms with van der Waals surface area (Å²) >= 11 is 0. The lowest BCUT2D eigenvalue weighted by Crippen LogP contribution is -2.54. The second-order valence-electron chi connectivity index (χ2n) is 5.96. The summed E-state index contributed by atoms with van der Waals surface area (Å²) in [5.74, 6) is -4.22. The van der Waals surface area contributed by atoms with E-state index in [-0.39, 0.29) is 6.42 Å². The molecule has 13 nitrogen and oxygen atoms in total. The number of hydrogen-bond donors (Lipinski definition) is 7. The third-order valence-corrected chi connectivity index (χ3v) is 3.54. The van der Waals surface area contributed by atoms with Crippen LogP contribution < -0.4 is 27.4 Å². The van der Waals surface area contributed by atoms with Gasteiger partial charge in [0.05, 0.1) is 25.3 Å². The van der Waals surface area contributed by atoms with Gasteiger partial charge in [0.2, 0.25) is 23.6 Å². The summed E-state index contributed by atoms with van der Waals surface area (Å²) in [6, 6.07) is -3.50. The van der Waals surface area contributed by atoms with Gasteiger partial charge >= 0.3 is 5.97 Å². The average Bonchev–Trinajstić information content (AvgIpc) is 3.11. The maximum atomic E-state index is 12.4. The Morgan fingerprint density at radius 3 is 2.43 bits per heavy atom. The average molecular weight is 397 g/mol. The Bertz CT molecular complexity index is 720. The maximum absolute atomic E-state index is 12.4. The lowest BCUT2D eigenvalue weighted by molar-refractivity contribution is -0.141. The number of rotatable bonds is 11. The summed E-state index contributed by atoms with van der Waals surface area (Å²) in [5.41, 5.74) is 11.1. The van der Waals surface area contributed by atoms with Crippen molar-refractivity contribution in [3.8, 4) is 0 Å². The van der Waals surface area contributed by atoms with Gasteiger partial charge in [0, 0.05) is 18.3 Å². The van der Waals surface area contributed by atoms with Crippen molar-refractivity contribution < 1.29 is 29.1 Å². The fourth-order valence-electron chi connectivity index (χ4n) is 2.06. The zero-order valence-electron chi connectivity index (χ0n) is 15.1. The number of primary amides is 1. The van der Waals surface area contributed by atoms with Gasteiger partial charge in [0.25, 0.3) is 0 Å². The van der Waals surface area contributed by atoms with Gasteiger partial charge in [-0.15, -0.1) is 0 Å². The van der Waals surface area contributed by atoms with Crippen LogP contribution in [0.5, 0.6) is 0 Å². The number of H-pyrrole nitrogens is 1. The lowest BCUT2D eigenvalue weighted by atomic mass is 10.1. The summed E-state index contributed by atoms with van der Waals surface area (Å²) < 4.78 is 0. The third kappa shape index (κ3) is 7.82. The van der Waals surface area contributed by atoms with E-state index in [4.69, 9.17) is 16.6 Å². The standard InChI is InChI=1S/C15H23N7O6/c1-7(15(27)28)21-12(24)5-19-14(26)10(2-8-4-18-6-20-8)22-13(25)9(16)3-11(17)23/h4,6-7,9-10H,2-3,5,16H2,1H3,(H2,17,23)(H,18,20)(H,19,26)(H,21,24)(H,22,25)(H,27,28). The Balaban J connectivity index is 2.71. The number of carboxylic acids is 1. The first-order valence-corrected chi connectivity index (χ1v) is 8.21. The molecule has 4 amide bonds. The van der Waals surface area contributed by atoms with Crippen molar-refractivity contribution in [2.75, 3.05) is 6.54 Å². The normalized spacial score (nSPS) is 13.6. The molecule has 1 aromatic rings. The number of carbonyl (C=O) groups is 5. The van der Waals surface area contributed by atoms with Gasteiger partial charge in [0.1, 0.15) is 12.1 Å². The summed E-state index contributed by atoms with van der Waals surface area (Å²) in [4.78, 5) is 64.3. The summed E-state index contributed by atoms with van der Waals surface area (Å²) in [6.07, 6.45) is 2.43. The Labute approximate surface area is 159 Å². The molecule has 0 aliphatic rings. The number of amides is 4. The first-order valence-electron chi connectivity index (χ1n) is 8.21. The van der Waals surface area contributed by atoms with E-state index < -0.39 is 60.7 Å². The number of hydrogen-bond acceptors (Lipinski definition) is 7. The molecule has 0 saturated carbocycles. The summed E-state index contributed by atoms with van der Waals surface area (Å²) in [6.45, 7) is 0.766. The number of aromatic nitrogens is 2. The highest BCUT2D eigenvalue weighted by Crippen LogP contribution is 2.00. The predicted octanol–water partition coefficient (Wildman–Crippen LogP) is -3.65. The first kappa shape index (κ1) is 22.6. The highest BCUT2D eigenvalue weighted by atomic mass is 16.4. The summed E-state index contributed by atoms with van der Waals surface area (Å²) in [7, 11) is 0. The van der Waals surface area contributed by atoms with Crippen molar-refractivity contribution in [3.05, 3.63) is 18.2 Å². The van der Waals surface area contributed by atoms with Crippen molar-refractivity contribution in [1.29, 1.82) is 0 Å². The van der Waals surface area contributed by atoms with Gasteiger partial charge in [-0.1, -0.05) is 0 Å². The van der Waals surface area contributed by atoms with Crippen LogP contribution in [0.4, 0.5) is 0 Å². The van der Waals surface area contributed by atoms with E-state index in [1.165, 1.54) is 19.4 Å². The number of imidazole rings is 1. The topological polar surface area (TPSA) is 222 Å². The van der Waals surface area contributed by atoms with Gasteiger partial charge in [-0.05, 0) is 6.92 Å². The molecule has 1 rings (SSSR count). The fraction of sp³-hybridized carbons (Fsp3) is 0.467. The fourth-order valence-corrected chi connectivity index (χ4v) is 2.06. The molecule has 0 aliphatic carbocycles. The van der Waals surface area contributed by atoms with E-state index >= 15 is 0 Å². The van der Waals surface area contributed by atoms with Crippen LogP contribution in [0.15, 0.2) is 12.5 Å². The van der Waals surface area contributed by atoms with E-state index in [1.807, 2.05) is 0 Å². The van der Waals surface area contributed by atoms with Crippen molar-refractivity contribution in [2.45, 2.75) is 37.9 Å². The number of carboxylic acid groups (broad SMARTS) is 1. The summed E-state index contributed by atoms with van der Waals surface area (Å²) in [5, 5.41) is 15.6. The molecule has 3 atom stereocenters. The number of carbonyl (C=O) groups excluding carboxylic acids is 4. The molecule has 0 aromatic carbocycles. The van der Waals surface area contributed by atoms with E-state index in [0.29, 0.717) is 5.69 Å². The van der Waals surface area contributed by atoms with Crippen LogP contribution in [-0.2, 0) is 30.4 Å². The van der Waals surface area contributed by atoms with Crippen LogP contribution in [0.25, 0.3) is 0 Å². The van der Waals surface area contributed by atoms with E-state index in [9.17, 15) is 24.0 Å². The quantitative estimate of drug-likeness (QED) is 0.197. The maximum Gasteiger partial charge on any atom is 0.325 e. The number of aromatic amines is 1.